The molecule has 0 atom stereocenters. The number of hydrogen-bond donors (Lipinski definition) is 0. The van der Waals surface area contributed by atoms with Crippen molar-refractivity contribution in [2.24, 2.45) is 0 Å². The third kappa shape index (κ3) is 4.93. The van der Waals surface area contributed by atoms with Crippen LogP contribution < -0.4 is 0 Å². The largest absolute Gasteiger partial charge is 0.0610 e. The lowest BCUT2D eigenvalue weighted by Crippen LogP contribution is -1.86. The van der Waals surface area contributed by atoms with Gasteiger partial charge in [0.1, 0.15) is 0 Å². The van der Waals surface area contributed by atoms with E-state index in [4.69, 9.17) is 0 Å². The Morgan fingerprint density at radius 3 is 0.554 bits per heavy atom. The Hall–Kier alpha value is -7.28. The minimum Gasteiger partial charge on any atom is -0.0610 e. The Bertz CT molecular complexity index is 3040. The van der Waals surface area contributed by atoms with E-state index >= 15 is 0 Å². The highest BCUT2D eigenvalue weighted by Gasteiger charge is 2.12. The van der Waals surface area contributed by atoms with Crippen LogP contribution in [0, 0.1) is 0 Å². The van der Waals surface area contributed by atoms with Gasteiger partial charge in [0.25, 0.3) is 0 Å². The van der Waals surface area contributed by atoms with Gasteiger partial charge in [-0.25, -0.2) is 0 Å². The lowest BCUT2D eigenvalue weighted by Gasteiger charge is -2.13. The van der Waals surface area contributed by atoms with Crippen molar-refractivity contribution in [1.82, 2.24) is 0 Å². The zero-order valence-corrected chi connectivity index (χ0v) is 30.6. The lowest BCUT2D eigenvalue weighted by atomic mass is 9.91. The van der Waals surface area contributed by atoms with Gasteiger partial charge in [-0.2, -0.15) is 0 Å². The highest BCUT2D eigenvalue weighted by molar-refractivity contribution is 6.25. The maximum Gasteiger partial charge on any atom is -0.00264 e. The van der Waals surface area contributed by atoms with E-state index in [0.717, 1.165) is 0 Å². The van der Waals surface area contributed by atoms with Gasteiger partial charge in [0.05, 0.1) is 0 Å². The summed E-state index contributed by atoms with van der Waals surface area (Å²) in [4.78, 5) is 0. The molecule has 0 amide bonds. The normalized spacial score (nSPS) is 11.9. The van der Waals surface area contributed by atoms with Crippen molar-refractivity contribution in [2.75, 3.05) is 0 Å². The van der Waals surface area contributed by atoms with Crippen LogP contribution in [0.4, 0.5) is 0 Å². The highest BCUT2D eigenvalue weighted by Crippen LogP contribution is 2.40. The van der Waals surface area contributed by atoms with Crippen LogP contribution >= 0.6 is 0 Å². The smallest absolute Gasteiger partial charge is 0.00264 e. The van der Waals surface area contributed by atoms with Gasteiger partial charge in [-0.3, -0.25) is 0 Å². The van der Waals surface area contributed by atoms with E-state index in [1.807, 2.05) is 0 Å². The summed E-state index contributed by atoms with van der Waals surface area (Å²) in [6, 6.07) is 76.5. The van der Waals surface area contributed by atoms with Crippen LogP contribution in [0.2, 0.25) is 0 Å². The molecular formula is C56H34. The second-order valence-electron chi connectivity index (χ2n) is 15.3. The molecule has 0 nitrogen and oxygen atoms in total. The number of hydrogen-bond acceptors (Lipinski definition) is 0. The Morgan fingerprint density at radius 2 is 0.321 bits per heavy atom. The molecule has 12 rings (SSSR count). The van der Waals surface area contributed by atoms with Crippen molar-refractivity contribution >= 4 is 64.6 Å². The molecule has 12 aromatic carbocycles. The van der Waals surface area contributed by atoms with Crippen LogP contribution in [-0.2, 0) is 0 Å². The molecule has 56 heavy (non-hydrogen) atoms. The predicted octanol–water partition coefficient (Wildman–Crippen LogP) is 15.8. The first-order valence-corrected chi connectivity index (χ1v) is 19.5. The van der Waals surface area contributed by atoms with Gasteiger partial charge in [-0.15, -0.1) is 0 Å². The molecule has 0 heteroatoms. The summed E-state index contributed by atoms with van der Waals surface area (Å²) in [7, 11) is 0. The molecule has 0 heterocycles. The standard InChI is InChI=1S/C56H34/c1-3-43-23-27-47-31-51(32-48-28-24-44(4-1)53(43)55(47)48)41-19-15-39(16-20-41)37-11-7-35(8-12-37)36-9-13-38(14-10-36)40-17-21-42(22-18-40)52-33-49-29-25-45-5-2-6-46-26-30-50(34-52)56(49)54(45)46/h1-34H. The quantitative estimate of drug-likeness (QED) is 0.156. The fourth-order valence-electron chi connectivity index (χ4n) is 9.26. The van der Waals surface area contributed by atoms with Crippen LogP contribution in [0.3, 0.4) is 0 Å². The zero-order chi connectivity index (χ0) is 36.7. The molecule has 258 valence electrons. The average Bonchev–Trinajstić information content (AvgIpc) is 3.27. The monoisotopic (exact) mass is 706 g/mol. The Labute approximate surface area is 325 Å². The minimum absolute atomic E-state index is 1.22. The van der Waals surface area contributed by atoms with E-state index in [1.165, 1.54) is 120 Å². The molecule has 0 N–H and O–H groups in total. The topological polar surface area (TPSA) is 0 Å². The van der Waals surface area contributed by atoms with Crippen molar-refractivity contribution < 1.29 is 0 Å². The molecule has 12 aromatic rings. The van der Waals surface area contributed by atoms with Crippen LogP contribution in [0.15, 0.2) is 206 Å². The van der Waals surface area contributed by atoms with E-state index in [-0.39, 0.29) is 0 Å². The van der Waals surface area contributed by atoms with Gasteiger partial charge >= 0.3 is 0 Å². The van der Waals surface area contributed by atoms with E-state index in [1.54, 1.807) is 0 Å². The SMILES string of the molecule is c1cc2ccc3cc(-c4ccc(-c5ccc(-c6ccc(-c7ccc(-c8cc9ccc%10cccc%11ccc(c8)c9c%10%11)cc7)cc6)cc5)cc4)cc4ccc(c1)c2c34. The predicted molar refractivity (Wildman–Crippen MR) is 241 cm³/mol. The first-order chi connectivity index (χ1) is 27.7. The third-order valence-corrected chi connectivity index (χ3v) is 12.1. The van der Waals surface area contributed by atoms with Gasteiger partial charge < -0.3 is 0 Å². The van der Waals surface area contributed by atoms with Crippen molar-refractivity contribution in [1.29, 1.82) is 0 Å². The number of benzene rings is 12. The Kier molecular flexibility index (Phi) is 6.73. The van der Waals surface area contributed by atoms with Crippen molar-refractivity contribution in [2.45, 2.75) is 0 Å². The maximum atomic E-state index is 2.34. The van der Waals surface area contributed by atoms with Gasteiger partial charge in [-0.05, 0) is 145 Å². The summed E-state index contributed by atoms with van der Waals surface area (Å²) in [5.74, 6) is 0. The maximum absolute atomic E-state index is 2.34. The molecule has 0 spiro atoms. The third-order valence-electron chi connectivity index (χ3n) is 12.1. The fraction of sp³-hybridized carbons (Fsp3) is 0. The van der Waals surface area contributed by atoms with E-state index in [0.29, 0.717) is 0 Å². The Balaban J connectivity index is 0.771. The summed E-state index contributed by atoms with van der Waals surface area (Å²) in [5.41, 5.74) is 12.3. The summed E-state index contributed by atoms with van der Waals surface area (Å²) in [6.07, 6.45) is 0. The summed E-state index contributed by atoms with van der Waals surface area (Å²) in [5, 5.41) is 15.9. The second kappa shape index (κ2) is 12.1. The molecule has 0 aliphatic heterocycles. The molecule has 0 saturated heterocycles. The zero-order valence-electron chi connectivity index (χ0n) is 30.6. The van der Waals surface area contributed by atoms with Crippen LogP contribution in [-0.4, -0.2) is 0 Å². The number of rotatable bonds is 5. The molecule has 0 aliphatic rings. The summed E-state index contributed by atoms with van der Waals surface area (Å²) in [6.45, 7) is 0. The van der Waals surface area contributed by atoms with E-state index in [9.17, 15) is 0 Å². The molecule has 0 aliphatic carbocycles. The first-order valence-electron chi connectivity index (χ1n) is 19.5. The van der Waals surface area contributed by atoms with Gasteiger partial charge in [0, 0.05) is 0 Å². The van der Waals surface area contributed by atoms with Crippen molar-refractivity contribution in [3.8, 4) is 55.6 Å². The summed E-state index contributed by atoms with van der Waals surface area (Å²) < 4.78 is 0. The lowest BCUT2D eigenvalue weighted by molar-refractivity contribution is 1.57. The molecule has 0 fully saturated rings. The molecule has 0 aromatic heterocycles. The first kappa shape index (κ1) is 31.1. The summed E-state index contributed by atoms with van der Waals surface area (Å²) >= 11 is 0. The van der Waals surface area contributed by atoms with Gasteiger partial charge in [0.15, 0.2) is 0 Å². The molecular weight excluding hydrogens is 673 g/mol. The fourth-order valence-corrected chi connectivity index (χ4v) is 9.26. The molecule has 0 unspecified atom stereocenters. The van der Waals surface area contributed by atoms with Crippen molar-refractivity contribution in [3.05, 3.63) is 206 Å². The van der Waals surface area contributed by atoms with Crippen molar-refractivity contribution in [3.63, 3.8) is 0 Å². The minimum atomic E-state index is 1.22. The highest BCUT2D eigenvalue weighted by atomic mass is 14.2. The Morgan fingerprint density at radius 1 is 0.143 bits per heavy atom. The average molecular weight is 707 g/mol. The van der Waals surface area contributed by atoms with Crippen LogP contribution in [0.5, 0.6) is 0 Å². The molecule has 0 saturated carbocycles. The van der Waals surface area contributed by atoms with Gasteiger partial charge in [-0.1, -0.05) is 182 Å². The van der Waals surface area contributed by atoms with E-state index in [2.05, 4.69) is 206 Å². The van der Waals surface area contributed by atoms with Crippen LogP contribution in [0.25, 0.3) is 120 Å². The molecule has 0 bridgehead atoms. The van der Waals surface area contributed by atoms with Crippen LogP contribution in [0.1, 0.15) is 0 Å². The van der Waals surface area contributed by atoms with Gasteiger partial charge in [0.2, 0.25) is 0 Å². The van der Waals surface area contributed by atoms with E-state index < -0.39 is 0 Å². The second-order valence-corrected chi connectivity index (χ2v) is 15.3. The molecule has 0 radical (unpaired) electrons.